The summed E-state index contributed by atoms with van der Waals surface area (Å²) in [5.41, 5.74) is 5.42. The Hall–Kier alpha value is -0.810. The van der Waals surface area contributed by atoms with Crippen LogP contribution in [0.5, 0.6) is 0 Å². The molecule has 0 spiro atoms. The Labute approximate surface area is 127 Å². The van der Waals surface area contributed by atoms with Crippen LogP contribution in [0.15, 0.2) is 0 Å². The molecule has 6 heteroatoms. The highest BCUT2D eigenvalue weighted by Gasteiger charge is 2.40. The van der Waals surface area contributed by atoms with Gasteiger partial charge in [0.25, 0.3) is 0 Å². The molecule has 116 valence electrons. The monoisotopic (exact) mass is 303 g/mol. The molecule has 1 aliphatic carbocycles. The number of hydrogen-bond acceptors (Lipinski definition) is 3. The summed E-state index contributed by atoms with van der Waals surface area (Å²) in [7, 11) is 0. The smallest absolute Gasteiger partial charge is 0.245 e. The Kier molecular flexibility index (Phi) is 5.83. The van der Waals surface area contributed by atoms with E-state index in [9.17, 15) is 9.59 Å². The average molecular weight is 304 g/mol. The highest BCUT2D eigenvalue weighted by molar-refractivity contribution is 5.93. The predicted molar refractivity (Wildman–Crippen MR) is 80.6 cm³/mol. The second-order valence-electron chi connectivity index (χ2n) is 6.16. The maximum absolute atomic E-state index is 12.3. The van der Waals surface area contributed by atoms with Crippen LogP contribution in [0.4, 0.5) is 0 Å². The number of amides is 2. The van der Waals surface area contributed by atoms with Crippen LogP contribution in [-0.4, -0.2) is 40.9 Å². The maximum Gasteiger partial charge on any atom is 0.245 e. The molecule has 2 fully saturated rings. The lowest BCUT2D eigenvalue weighted by Gasteiger charge is -2.32. The number of carbonyl (C=O) groups is 2. The van der Waals surface area contributed by atoms with Crippen molar-refractivity contribution in [1.82, 2.24) is 10.2 Å². The third-order valence-electron chi connectivity index (χ3n) is 4.37. The Bertz CT molecular complexity index is 367. The summed E-state index contributed by atoms with van der Waals surface area (Å²) in [6, 6.07) is -0.187. The van der Waals surface area contributed by atoms with Crippen molar-refractivity contribution in [3.63, 3.8) is 0 Å². The van der Waals surface area contributed by atoms with Crippen LogP contribution in [0.1, 0.15) is 52.4 Å². The van der Waals surface area contributed by atoms with Crippen LogP contribution in [0.25, 0.3) is 0 Å². The second-order valence-corrected chi connectivity index (χ2v) is 6.16. The Morgan fingerprint density at radius 1 is 1.35 bits per heavy atom. The highest BCUT2D eigenvalue weighted by Crippen LogP contribution is 2.26. The number of nitrogens with two attached hydrogens (primary N) is 1. The first-order chi connectivity index (χ1) is 8.94. The van der Waals surface area contributed by atoms with Gasteiger partial charge >= 0.3 is 0 Å². The van der Waals surface area contributed by atoms with Crippen LogP contribution in [-0.2, 0) is 9.59 Å². The number of hydrogen-bond donors (Lipinski definition) is 2. The number of halogens is 1. The molecule has 1 unspecified atom stereocenters. The van der Waals surface area contributed by atoms with Crippen LogP contribution < -0.4 is 11.1 Å². The lowest BCUT2D eigenvalue weighted by Crippen LogP contribution is -2.58. The molecule has 0 aromatic carbocycles. The molecule has 3 N–H and O–H groups in total. The number of likely N-dealkylation sites (tertiary alicyclic amines) is 1. The van der Waals surface area contributed by atoms with E-state index in [2.05, 4.69) is 5.32 Å². The average Bonchev–Trinajstić information content (AvgIpc) is 2.72. The van der Waals surface area contributed by atoms with Gasteiger partial charge in [0.05, 0.1) is 5.54 Å². The minimum Gasteiger partial charge on any atom is -0.343 e. The molecule has 2 rings (SSSR count). The van der Waals surface area contributed by atoms with E-state index in [1.54, 1.807) is 0 Å². The van der Waals surface area contributed by atoms with Crippen molar-refractivity contribution in [3.8, 4) is 0 Å². The molecule has 1 atom stereocenters. The molecule has 1 saturated heterocycles. The van der Waals surface area contributed by atoms with Crippen LogP contribution in [0.2, 0.25) is 0 Å². The van der Waals surface area contributed by atoms with Gasteiger partial charge in [-0.25, -0.2) is 0 Å². The quantitative estimate of drug-likeness (QED) is 0.822. The van der Waals surface area contributed by atoms with Gasteiger partial charge in [0.15, 0.2) is 0 Å². The van der Waals surface area contributed by atoms with Gasteiger partial charge in [0, 0.05) is 12.6 Å². The lowest BCUT2D eigenvalue weighted by molar-refractivity contribution is -0.135. The van der Waals surface area contributed by atoms with Gasteiger partial charge in [-0.2, -0.15) is 0 Å². The molecule has 2 aliphatic rings. The summed E-state index contributed by atoms with van der Waals surface area (Å²) in [5, 5.41) is 2.87. The van der Waals surface area contributed by atoms with E-state index in [0.717, 1.165) is 38.6 Å². The normalized spacial score (nSPS) is 25.5. The van der Waals surface area contributed by atoms with Crippen molar-refractivity contribution in [3.05, 3.63) is 0 Å². The summed E-state index contributed by atoms with van der Waals surface area (Å²) in [6.45, 7) is 4.71. The molecule has 2 amide bonds. The summed E-state index contributed by atoms with van der Waals surface area (Å²) < 4.78 is 0. The first kappa shape index (κ1) is 17.2. The van der Waals surface area contributed by atoms with E-state index in [0.29, 0.717) is 6.42 Å². The fourth-order valence-corrected chi connectivity index (χ4v) is 3.06. The predicted octanol–water partition coefficient (Wildman–Crippen LogP) is 1.20. The summed E-state index contributed by atoms with van der Waals surface area (Å²) in [5.74, 6) is -0.112. The van der Waals surface area contributed by atoms with Gasteiger partial charge in [-0.1, -0.05) is 19.3 Å². The standard InChI is InChI=1S/C14H25N3O2.ClH/c1-10(2)17-9-6-11(12(17)18)16-13(19)14(15)7-4-3-5-8-14;/h10-11H,3-9,15H2,1-2H3,(H,16,19);1H. The van der Waals surface area contributed by atoms with Crippen molar-refractivity contribution < 1.29 is 9.59 Å². The topological polar surface area (TPSA) is 75.4 Å². The van der Waals surface area contributed by atoms with Crippen molar-refractivity contribution >= 4 is 24.2 Å². The first-order valence-electron chi connectivity index (χ1n) is 7.34. The van der Waals surface area contributed by atoms with E-state index in [-0.39, 0.29) is 36.3 Å². The third kappa shape index (κ3) is 3.44. The molecule has 1 saturated carbocycles. The van der Waals surface area contributed by atoms with Gasteiger partial charge in [-0.15, -0.1) is 12.4 Å². The van der Waals surface area contributed by atoms with Crippen molar-refractivity contribution in [2.45, 2.75) is 70.0 Å². The number of rotatable bonds is 3. The SMILES string of the molecule is CC(C)N1CCC(NC(=O)C2(N)CCCCC2)C1=O.Cl. The fraction of sp³-hybridized carbons (Fsp3) is 0.857. The van der Waals surface area contributed by atoms with E-state index in [1.165, 1.54) is 0 Å². The zero-order chi connectivity index (χ0) is 14.0. The molecule has 0 aromatic heterocycles. The lowest BCUT2D eigenvalue weighted by atomic mass is 9.81. The summed E-state index contributed by atoms with van der Waals surface area (Å²) >= 11 is 0. The van der Waals surface area contributed by atoms with E-state index < -0.39 is 5.54 Å². The largest absolute Gasteiger partial charge is 0.343 e. The van der Waals surface area contributed by atoms with Gasteiger partial charge in [-0.3, -0.25) is 9.59 Å². The molecular formula is C14H26ClN3O2. The van der Waals surface area contributed by atoms with Crippen LogP contribution >= 0.6 is 12.4 Å². The second kappa shape index (κ2) is 6.76. The Balaban J connectivity index is 0.00000200. The van der Waals surface area contributed by atoms with Gasteiger partial charge < -0.3 is 16.0 Å². The summed E-state index contributed by atoms with van der Waals surface area (Å²) in [4.78, 5) is 26.2. The molecule has 0 bridgehead atoms. The highest BCUT2D eigenvalue weighted by atomic mass is 35.5. The number of nitrogens with one attached hydrogen (secondary N) is 1. The van der Waals surface area contributed by atoms with Gasteiger partial charge in [0.2, 0.25) is 11.8 Å². The summed E-state index contributed by atoms with van der Waals surface area (Å²) in [6.07, 6.45) is 5.30. The minimum absolute atomic E-state index is 0. The Morgan fingerprint density at radius 2 is 1.95 bits per heavy atom. The van der Waals surface area contributed by atoms with Crippen LogP contribution in [0.3, 0.4) is 0 Å². The molecule has 20 heavy (non-hydrogen) atoms. The number of carbonyl (C=O) groups excluding carboxylic acids is 2. The van der Waals surface area contributed by atoms with Crippen molar-refractivity contribution in [2.75, 3.05) is 6.54 Å². The molecule has 5 nitrogen and oxygen atoms in total. The van der Waals surface area contributed by atoms with E-state index in [4.69, 9.17) is 5.73 Å². The van der Waals surface area contributed by atoms with Crippen LogP contribution in [0, 0.1) is 0 Å². The molecule has 1 aliphatic heterocycles. The zero-order valence-electron chi connectivity index (χ0n) is 12.4. The zero-order valence-corrected chi connectivity index (χ0v) is 13.2. The molecule has 0 radical (unpaired) electrons. The minimum atomic E-state index is -0.760. The van der Waals surface area contributed by atoms with Crippen molar-refractivity contribution in [2.24, 2.45) is 5.73 Å². The molecular weight excluding hydrogens is 278 g/mol. The van der Waals surface area contributed by atoms with E-state index >= 15 is 0 Å². The molecule has 1 heterocycles. The number of nitrogens with zero attached hydrogens (tertiary/aromatic N) is 1. The van der Waals surface area contributed by atoms with Gasteiger partial charge in [0.1, 0.15) is 6.04 Å². The van der Waals surface area contributed by atoms with E-state index in [1.807, 2.05) is 18.7 Å². The first-order valence-corrected chi connectivity index (χ1v) is 7.34. The third-order valence-corrected chi connectivity index (χ3v) is 4.37. The van der Waals surface area contributed by atoms with Gasteiger partial charge in [-0.05, 0) is 33.1 Å². The molecule has 0 aromatic rings. The fourth-order valence-electron chi connectivity index (χ4n) is 3.06. The van der Waals surface area contributed by atoms with Crippen molar-refractivity contribution in [1.29, 1.82) is 0 Å². The Morgan fingerprint density at radius 3 is 2.45 bits per heavy atom. The maximum atomic E-state index is 12.3.